The largest absolute Gasteiger partial charge is 0.468 e. The van der Waals surface area contributed by atoms with Crippen molar-refractivity contribution < 1.29 is 14.6 Å². The number of likely N-dealkylation sites (tertiary alicyclic amines) is 1. The molecule has 1 heterocycles. The van der Waals surface area contributed by atoms with Gasteiger partial charge in [0.05, 0.1) is 13.2 Å². The molecule has 2 unspecified atom stereocenters. The minimum Gasteiger partial charge on any atom is -0.468 e. The number of aliphatic hydroxyl groups is 1. The number of methoxy groups -OCH3 is 1. The van der Waals surface area contributed by atoms with E-state index >= 15 is 0 Å². The summed E-state index contributed by atoms with van der Waals surface area (Å²) in [4.78, 5) is 13.7. The number of carbonyl (C=O) groups excluding carboxylic acids is 1. The summed E-state index contributed by atoms with van der Waals surface area (Å²) in [6.45, 7) is 5.34. The molecule has 4 heteroatoms. The number of ether oxygens (including phenoxy) is 1. The lowest BCUT2D eigenvalue weighted by atomic mass is 10.1. The number of hydrogen-bond donors (Lipinski definition) is 1. The van der Waals surface area contributed by atoms with Crippen molar-refractivity contribution in [3.8, 4) is 0 Å². The normalized spacial score (nSPS) is 23.6. The van der Waals surface area contributed by atoms with Gasteiger partial charge in [-0.15, -0.1) is 0 Å². The maximum Gasteiger partial charge on any atom is 0.323 e. The highest BCUT2D eigenvalue weighted by molar-refractivity contribution is 5.76. The molecule has 0 spiro atoms. The van der Waals surface area contributed by atoms with Crippen molar-refractivity contribution in [3.63, 3.8) is 0 Å². The van der Waals surface area contributed by atoms with Crippen molar-refractivity contribution in [2.45, 2.75) is 39.0 Å². The van der Waals surface area contributed by atoms with Crippen LogP contribution in [0.5, 0.6) is 0 Å². The molecule has 104 valence electrons. The van der Waals surface area contributed by atoms with Gasteiger partial charge in [-0.3, -0.25) is 9.69 Å². The highest BCUT2D eigenvalue weighted by atomic mass is 16.5. The molecular weight excluding hydrogens is 242 g/mol. The number of carbonyl (C=O) groups is 1. The summed E-state index contributed by atoms with van der Waals surface area (Å²) in [5.41, 5.74) is 3.66. The predicted octanol–water partition coefficient (Wildman–Crippen LogP) is 1.41. The van der Waals surface area contributed by atoms with Crippen LogP contribution in [0, 0.1) is 13.8 Å². The van der Waals surface area contributed by atoms with E-state index in [1.165, 1.54) is 18.2 Å². The van der Waals surface area contributed by atoms with Crippen molar-refractivity contribution in [3.05, 3.63) is 34.9 Å². The fourth-order valence-corrected chi connectivity index (χ4v) is 2.57. The van der Waals surface area contributed by atoms with Crippen LogP contribution in [0.3, 0.4) is 0 Å². The third kappa shape index (κ3) is 3.14. The van der Waals surface area contributed by atoms with Gasteiger partial charge in [0, 0.05) is 19.5 Å². The van der Waals surface area contributed by atoms with E-state index in [9.17, 15) is 9.90 Å². The Kier molecular flexibility index (Phi) is 4.22. The van der Waals surface area contributed by atoms with Crippen LogP contribution >= 0.6 is 0 Å². The van der Waals surface area contributed by atoms with Gasteiger partial charge in [-0.25, -0.2) is 0 Å². The average molecular weight is 263 g/mol. The first-order valence-corrected chi connectivity index (χ1v) is 6.57. The van der Waals surface area contributed by atoms with Crippen molar-refractivity contribution in [2.24, 2.45) is 0 Å². The molecule has 2 rings (SSSR count). The summed E-state index contributed by atoms with van der Waals surface area (Å²) in [5.74, 6) is -0.264. The molecule has 4 nitrogen and oxygen atoms in total. The van der Waals surface area contributed by atoms with E-state index in [-0.39, 0.29) is 12.0 Å². The molecule has 0 radical (unpaired) electrons. The van der Waals surface area contributed by atoms with Crippen LogP contribution in [-0.2, 0) is 16.1 Å². The van der Waals surface area contributed by atoms with Crippen LogP contribution in [0.2, 0.25) is 0 Å². The first-order valence-electron chi connectivity index (χ1n) is 6.57. The van der Waals surface area contributed by atoms with Crippen LogP contribution in [0.15, 0.2) is 18.2 Å². The fraction of sp³-hybridized carbons (Fsp3) is 0.533. The van der Waals surface area contributed by atoms with Gasteiger partial charge in [0.15, 0.2) is 0 Å². The molecule has 1 aromatic rings. The lowest BCUT2D eigenvalue weighted by Gasteiger charge is -2.22. The van der Waals surface area contributed by atoms with E-state index in [2.05, 4.69) is 32.0 Å². The Balaban J connectivity index is 2.12. The zero-order valence-corrected chi connectivity index (χ0v) is 11.7. The van der Waals surface area contributed by atoms with Gasteiger partial charge in [-0.2, -0.15) is 0 Å². The SMILES string of the molecule is COC(=O)C1CC(O)CN1Cc1ccc(C)c(C)c1. The van der Waals surface area contributed by atoms with E-state index in [1.807, 2.05) is 4.90 Å². The quantitative estimate of drug-likeness (QED) is 0.838. The zero-order chi connectivity index (χ0) is 14.0. The van der Waals surface area contributed by atoms with Gasteiger partial charge >= 0.3 is 5.97 Å². The lowest BCUT2D eigenvalue weighted by Crippen LogP contribution is -2.36. The van der Waals surface area contributed by atoms with Crippen LogP contribution in [0.1, 0.15) is 23.1 Å². The van der Waals surface area contributed by atoms with Crippen LogP contribution in [0.25, 0.3) is 0 Å². The Morgan fingerprint density at radius 1 is 1.42 bits per heavy atom. The second kappa shape index (κ2) is 5.72. The van der Waals surface area contributed by atoms with E-state index in [0.717, 1.165) is 5.56 Å². The maximum atomic E-state index is 11.7. The van der Waals surface area contributed by atoms with Gasteiger partial charge in [-0.05, 0) is 30.5 Å². The summed E-state index contributed by atoms with van der Waals surface area (Å²) in [6, 6.07) is 5.96. The van der Waals surface area contributed by atoms with E-state index in [4.69, 9.17) is 4.74 Å². The number of nitrogens with zero attached hydrogens (tertiary/aromatic N) is 1. The number of benzene rings is 1. The topological polar surface area (TPSA) is 49.8 Å². The molecule has 0 bridgehead atoms. The monoisotopic (exact) mass is 263 g/mol. The molecule has 0 aliphatic carbocycles. The minimum absolute atomic E-state index is 0.264. The molecule has 1 aromatic carbocycles. The summed E-state index contributed by atoms with van der Waals surface area (Å²) in [5, 5.41) is 9.74. The van der Waals surface area contributed by atoms with Crippen molar-refractivity contribution in [2.75, 3.05) is 13.7 Å². The van der Waals surface area contributed by atoms with Crippen LogP contribution in [-0.4, -0.2) is 41.8 Å². The third-order valence-corrected chi connectivity index (χ3v) is 3.81. The number of aliphatic hydroxyl groups excluding tert-OH is 1. The predicted molar refractivity (Wildman–Crippen MR) is 72.8 cm³/mol. The Labute approximate surface area is 114 Å². The number of hydrogen-bond acceptors (Lipinski definition) is 4. The molecule has 0 amide bonds. The molecule has 1 saturated heterocycles. The fourth-order valence-electron chi connectivity index (χ4n) is 2.57. The van der Waals surface area contributed by atoms with E-state index in [0.29, 0.717) is 19.5 Å². The molecular formula is C15H21NO3. The van der Waals surface area contributed by atoms with E-state index < -0.39 is 6.10 Å². The second-order valence-corrected chi connectivity index (χ2v) is 5.28. The maximum absolute atomic E-state index is 11.7. The van der Waals surface area contributed by atoms with Crippen LogP contribution < -0.4 is 0 Å². The molecule has 1 aliphatic heterocycles. The average Bonchev–Trinajstić information content (AvgIpc) is 2.74. The molecule has 1 N–H and O–H groups in total. The standard InChI is InChI=1S/C15H21NO3/c1-10-4-5-12(6-11(10)2)8-16-9-13(17)7-14(16)15(18)19-3/h4-6,13-14,17H,7-9H2,1-3H3. The van der Waals surface area contributed by atoms with Gasteiger partial charge in [-0.1, -0.05) is 18.2 Å². The summed E-state index contributed by atoms with van der Waals surface area (Å²) >= 11 is 0. The number of esters is 1. The van der Waals surface area contributed by atoms with E-state index in [1.54, 1.807) is 0 Å². The van der Waals surface area contributed by atoms with Crippen LogP contribution in [0.4, 0.5) is 0 Å². The highest BCUT2D eigenvalue weighted by Crippen LogP contribution is 2.22. The Bertz CT molecular complexity index is 472. The lowest BCUT2D eigenvalue weighted by molar-refractivity contribution is -0.146. The van der Waals surface area contributed by atoms with Gasteiger partial charge < -0.3 is 9.84 Å². The minimum atomic E-state index is -0.448. The number of aryl methyl sites for hydroxylation is 2. The number of β-amino-alcohol motifs (C(OH)–C–C–N with tert-alkyl or cyclic N) is 1. The summed E-state index contributed by atoms with van der Waals surface area (Å²) < 4.78 is 4.80. The smallest absolute Gasteiger partial charge is 0.323 e. The van der Waals surface area contributed by atoms with Crippen molar-refractivity contribution >= 4 is 5.97 Å². The summed E-state index contributed by atoms with van der Waals surface area (Å²) in [6.07, 6.45) is 0.00739. The third-order valence-electron chi connectivity index (χ3n) is 3.81. The van der Waals surface area contributed by atoms with Crippen molar-refractivity contribution in [1.82, 2.24) is 4.90 Å². The van der Waals surface area contributed by atoms with Gasteiger partial charge in [0.1, 0.15) is 6.04 Å². The molecule has 0 saturated carbocycles. The highest BCUT2D eigenvalue weighted by Gasteiger charge is 2.36. The Morgan fingerprint density at radius 3 is 2.79 bits per heavy atom. The molecule has 2 atom stereocenters. The zero-order valence-electron chi connectivity index (χ0n) is 11.7. The molecule has 0 aromatic heterocycles. The first kappa shape index (κ1) is 14.0. The van der Waals surface area contributed by atoms with Gasteiger partial charge in [0.25, 0.3) is 0 Å². The molecule has 1 aliphatic rings. The second-order valence-electron chi connectivity index (χ2n) is 5.28. The summed E-state index contributed by atoms with van der Waals surface area (Å²) in [7, 11) is 1.39. The molecule has 19 heavy (non-hydrogen) atoms. The first-order chi connectivity index (χ1) is 9.01. The van der Waals surface area contributed by atoms with Crippen molar-refractivity contribution in [1.29, 1.82) is 0 Å². The molecule has 1 fully saturated rings. The number of rotatable bonds is 3. The Hall–Kier alpha value is -1.39. The van der Waals surface area contributed by atoms with Gasteiger partial charge in [0.2, 0.25) is 0 Å². The Morgan fingerprint density at radius 2 is 2.16 bits per heavy atom.